The zero-order valence-electron chi connectivity index (χ0n) is 20.6. The molecule has 2 aromatic heterocycles. The van der Waals surface area contributed by atoms with Crippen LogP contribution in [0.25, 0.3) is 4.96 Å². The number of anilines is 1. The van der Waals surface area contributed by atoms with Crippen LogP contribution in [0.2, 0.25) is 5.02 Å². The lowest BCUT2D eigenvalue weighted by molar-refractivity contribution is 0.210. The lowest BCUT2D eigenvalue weighted by Crippen LogP contribution is -2.47. The minimum atomic E-state index is -0.269. The predicted molar refractivity (Wildman–Crippen MR) is 140 cm³/mol. The number of fused-ring (bicyclic) bond motifs is 1. The second kappa shape index (κ2) is 10.0. The summed E-state index contributed by atoms with van der Waals surface area (Å²) in [5.74, 6) is 2.35. The van der Waals surface area contributed by atoms with Gasteiger partial charge >= 0.3 is 0 Å². The van der Waals surface area contributed by atoms with Gasteiger partial charge in [0.2, 0.25) is 16.6 Å². The summed E-state index contributed by atoms with van der Waals surface area (Å²) in [5.41, 5.74) is 2.01. The van der Waals surface area contributed by atoms with Crippen LogP contribution in [0.4, 0.5) is 5.69 Å². The number of nitrogens with zero attached hydrogens (tertiary/aromatic N) is 5. The van der Waals surface area contributed by atoms with Crippen molar-refractivity contribution in [1.29, 1.82) is 0 Å². The molecule has 11 heteroatoms. The van der Waals surface area contributed by atoms with Crippen LogP contribution in [0, 0.1) is 6.92 Å². The summed E-state index contributed by atoms with van der Waals surface area (Å²) in [6.45, 7) is 4.95. The van der Waals surface area contributed by atoms with E-state index in [1.807, 2.05) is 37.3 Å². The smallest absolute Gasteiger partial charge is 0.230 e. The van der Waals surface area contributed by atoms with Crippen LogP contribution in [0.3, 0.4) is 0 Å². The van der Waals surface area contributed by atoms with E-state index in [-0.39, 0.29) is 11.9 Å². The Morgan fingerprint density at radius 1 is 1.00 bits per heavy atom. The third-order valence-electron chi connectivity index (χ3n) is 6.41. The molecule has 1 fully saturated rings. The minimum absolute atomic E-state index is 0.0895. The second-order valence-corrected chi connectivity index (χ2v) is 9.95. The first-order valence-corrected chi connectivity index (χ1v) is 12.7. The number of aryl methyl sites for hydroxylation is 1. The largest absolute Gasteiger partial charge is 0.493 e. The van der Waals surface area contributed by atoms with Gasteiger partial charge in [0.1, 0.15) is 5.82 Å². The fourth-order valence-corrected chi connectivity index (χ4v) is 6.07. The van der Waals surface area contributed by atoms with Crippen molar-refractivity contribution < 1.29 is 19.3 Å². The van der Waals surface area contributed by atoms with Gasteiger partial charge in [0.25, 0.3) is 0 Å². The molecule has 0 amide bonds. The average Bonchev–Trinajstić information content (AvgIpc) is 3.40. The van der Waals surface area contributed by atoms with Crippen molar-refractivity contribution in [2.45, 2.75) is 13.0 Å². The maximum absolute atomic E-state index is 11.2. The third-order valence-corrected chi connectivity index (χ3v) is 7.72. The summed E-state index contributed by atoms with van der Waals surface area (Å²) in [4.78, 5) is 10.5. The van der Waals surface area contributed by atoms with Crippen LogP contribution in [0.1, 0.15) is 22.3 Å². The Morgan fingerprint density at radius 3 is 2.28 bits per heavy atom. The van der Waals surface area contributed by atoms with E-state index in [9.17, 15) is 5.11 Å². The van der Waals surface area contributed by atoms with Crippen molar-refractivity contribution in [3.63, 3.8) is 0 Å². The SMILES string of the molecule is COc1cc(C(c2sc3nc(C)nn3c2O)N2CCN(c3cccc(Cl)c3)CC2)cc(OC)c1OC. The highest BCUT2D eigenvalue weighted by Gasteiger charge is 2.33. The molecule has 0 saturated carbocycles. The van der Waals surface area contributed by atoms with E-state index in [0.717, 1.165) is 47.3 Å². The molecule has 36 heavy (non-hydrogen) atoms. The Morgan fingerprint density at radius 2 is 1.69 bits per heavy atom. The van der Waals surface area contributed by atoms with Crippen LogP contribution in [-0.4, -0.2) is 72.1 Å². The predicted octanol–water partition coefficient (Wildman–Crippen LogP) is 4.40. The number of hydrogen-bond donors (Lipinski definition) is 1. The Bertz CT molecular complexity index is 1360. The molecule has 1 saturated heterocycles. The van der Waals surface area contributed by atoms with Gasteiger partial charge in [-0.2, -0.15) is 4.52 Å². The molecule has 4 aromatic rings. The van der Waals surface area contributed by atoms with E-state index in [2.05, 4.69) is 25.9 Å². The van der Waals surface area contributed by atoms with Crippen molar-refractivity contribution >= 4 is 33.6 Å². The molecule has 1 aliphatic heterocycles. The molecule has 190 valence electrons. The monoisotopic (exact) mass is 529 g/mol. The molecule has 0 aliphatic carbocycles. The van der Waals surface area contributed by atoms with Crippen LogP contribution in [0.15, 0.2) is 36.4 Å². The molecule has 0 spiro atoms. The van der Waals surface area contributed by atoms with Crippen molar-refractivity contribution in [2.24, 2.45) is 0 Å². The topological polar surface area (TPSA) is 84.6 Å². The number of rotatable bonds is 7. The Labute approximate surface area is 218 Å². The maximum atomic E-state index is 11.2. The Balaban J connectivity index is 1.55. The van der Waals surface area contributed by atoms with E-state index in [1.165, 1.54) is 15.9 Å². The molecule has 9 nitrogen and oxygen atoms in total. The number of aromatic hydroxyl groups is 1. The number of benzene rings is 2. The van der Waals surface area contributed by atoms with E-state index in [0.29, 0.717) is 28.0 Å². The summed E-state index contributed by atoms with van der Waals surface area (Å²) >= 11 is 7.66. The molecule has 5 rings (SSSR count). The molecule has 2 aromatic carbocycles. The van der Waals surface area contributed by atoms with E-state index in [1.54, 1.807) is 21.3 Å². The van der Waals surface area contributed by atoms with Crippen LogP contribution in [0.5, 0.6) is 23.1 Å². The van der Waals surface area contributed by atoms with Gasteiger partial charge in [0, 0.05) is 36.9 Å². The van der Waals surface area contributed by atoms with E-state index >= 15 is 0 Å². The summed E-state index contributed by atoms with van der Waals surface area (Å²) in [5, 5.41) is 16.3. The summed E-state index contributed by atoms with van der Waals surface area (Å²) in [6.07, 6.45) is 0. The second-order valence-electron chi connectivity index (χ2n) is 8.51. The lowest BCUT2D eigenvalue weighted by atomic mass is 10.0. The van der Waals surface area contributed by atoms with Gasteiger partial charge < -0.3 is 24.2 Å². The van der Waals surface area contributed by atoms with Gasteiger partial charge in [0.15, 0.2) is 11.5 Å². The molecule has 0 bridgehead atoms. The van der Waals surface area contributed by atoms with E-state index < -0.39 is 0 Å². The Kier molecular flexibility index (Phi) is 6.83. The number of hydrogen-bond acceptors (Lipinski definition) is 9. The standard InChI is InChI=1S/C25H28ClN5O4S/c1-15-27-25-31(28-15)24(32)23(36-25)21(16-12-19(33-2)22(35-4)20(13-16)34-3)30-10-8-29(9-11-30)18-7-5-6-17(26)14-18/h5-7,12-14,21,32H,8-11H2,1-4H3. The molecular weight excluding hydrogens is 502 g/mol. The number of methoxy groups -OCH3 is 3. The van der Waals surface area contributed by atoms with Gasteiger partial charge in [-0.05, 0) is 42.8 Å². The summed E-state index contributed by atoms with van der Waals surface area (Å²) < 4.78 is 18.3. The van der Waals surface area contributed by atoms with Crippen molar-refractivity contribution in [3.05, 3.63) is 57.7 Å². The fraction of sp³-hybridized carbons (Fsp3) is 0.360. The van der Waals surface area contributed by atoms with Crippen molar-refractivity contribution in [2.75, 3.05) is 52.4 Å². The van der Waals surface area contributed by atoms with Gasteiger partial charge in [-0.25, -0.2) is 4.98 Å². The van der Waals surface area contributed by atoms with Gasteiger partial charge in [-0.1, -0.05) is 29.0 Å². The first-order chi connectivity index (χ1) is 17.4. The van der Waals surface area contributed by atoms with Crippen molar-refractivity contribution in [1.82, 2.24) is 19.5 Å². The third kappa shape index (κ3) is 4.40. The minimum Gasteiger partial charge on any atom is -0.493 e. The van der Waals surface area contributed by atoms with Gasteiger partial charge in [-0.15, -0.1) is 5.10 Å². The number of ether oxygens (including phenoxy) is 3. The highest BCUT2D eigenvalue weighted by atomic mass is 35.5. The highest BCUT2D eigenvalue weighted by Crippen LogP contribution is 2.45. The molecule has 3 heterocycles. The first kappa shape index (κ1) is 24.5. The molecule has 0 radical (unpaired) electrons. The highest BCUT2D eigenvalue weighted by molar-refractivity contribution is 7.17. The summed E-state index contributed by atoms with van der Waals surface area (Å²) in [6, 6.07) is 11.5. The van der Waals surface area contributed by atoms with Gasteiger partial charge in [-0.3, -0.25) is 4.90 Å². The molecule has 1 N–H and O–H groups in total. The quantitative estimate of drug-likeness (QED) is 0.377. The van der Waals surface area contributed by atoms with E-state index in [4.69, 9.17) is 25.8 Å². The Hall–Kier alpha value is -3.21. The van der Waals surface area contributed by atoms with Gasteiger partial charge in [0.05, 0.1) is 32.2 Å². The normalized spacial score (nSPS) is 15.3. The fourth-order valence-electron chi connectivity index (χ4n) is 4.72. The van der Waals surface area contributed by atoms with Crippen LogP contribution < -0.4 is 19.1 Å². The number of piperazine rings is 1. The van der Waals surface area contributed by atoms with Crippen molar-refractivity contribution in [3.8, 4) is 23.1 Å². The van der Waals surface area contributed by atoms with Crippen LogP contribution in [-0.2, 0) is 0 Å². The summed E-state index contributed by atoms with van der Waals surface area (Å²) in [7, 11) is 4.78. The zero-order valence-corrected chi connectivity index (χ0v) is 22.1. The molecular formula is C25H28ClN5O4S. The number of halogens is 1. The first-order valence-electron chi connectivity index (χ1n) is 11.5. The zero-order chi connectivity index (χ0) is 25.4. The molecule has 1 atom stereocenters. The van der Waals surface area contributed by atoms with Crippen LogP contribution >= 0.6 is 22.9 Å². The molecule has 1 aliphatic rings. The average molecular weight is 530 g/mol. The maximum Gasteiger partial charge on any atom is 0.230 e. The number of thiazole rings is 1. The molecule has 1 unspecified atom stereocenters. The number of aromatic nitrogens is 3. The lowest BCUT2D eigenvalue weighted by Gasteiger charge is -2.40.